The number of carbonyl (C=O) groups excluding carboxylic acids is 2. The fourth-order valence-corrected chi connectivity index (χ4v) is 2.90. The van der Waals surface area contributed by atoms with Crippen molar-refractivity contribution in [3.05, 3.63) is 63.3 Å². The molecule has 0 bridgehead atoms. The van der Waals surface area contributed by atoms with E-state index in [1.165, 1.54) is 6.92 Å². The van der Waals surface area contributed by atoms with E-state index in [4.69, 9.17) is 27.9 Å². The number of rotatable bonds is 6. The van der Waals surface area contributed by atoms with Gasteiger partial charge in [-0.05, 0) is 31.6 Å². The molecule has 0 aliphatic heterocycles. The normalized spacial score (nSPS) is 14.4. The number of Topliss-reactive ketones (excluding diaryl/α,β-unsaturated/α-hetero) is 1. The van der Waals surface area contributed by atoms with Crippen LogP contribution in [-0.2, 0) is 20.7 Å². The summed E-state index contributed by atoms with van der Waals surface area (Å²) < 4.78 is 4.93. The van der Waals surface area contributed by atoms with Crippen molar-refractivity contribution in [1.29, 1.82) is 0 Å². The molecule has 0 aromatic heterocycles. The van der Waals surface area contributed by atoms with Crippen molar-refractivity contribution in [2.45, 2.75) is 26.7 Å². The standard InChI is InChI=1S/C19H19Cl2NO3/c1-12-7-8-15(20)19(16(21)9-12)22-17-6-4-3-5-14(17)10-18(24)25-11-13(2)23/h3-8,22H,9-11H2,1-2H3. The van der Waals surface area contributed by atoms with E-state index in [2.05, 4.69) is 5.32 Å². The van der Waals surface area contributed by atoms with Gasteiger partial charge in [0.1, 0.15) is 6.61 Å². The van der Waals surface area contributed by atoms with Gasteiger partial charge in [-0.2, -0.15) is 0 Å². The number of allylic oxidation sites excluding steroid dienone is 5. The maximum Gasteiger partial charge on any atom is 0.310 e. The molecule has 0 radical (unpaired) electrons. The zero-order valence-electron chi connectivity index (χ0n) is 14.1. The molecule has 6 heteroatoms. The molecule has 0 saturated heterocycles. The van der Waals surface area contributed by atoms with Gasteiger partial charge < -0.3 is 10.1 Å². The second-order valence-corrected chi connectivity index (χ2v) is 6.67. The molecule has 25 heavy (non-hydrogen) atoms. The maximum atomic E-state index is 11.9. The SMILES string of the molecule is CC(=O)COC(=O)Cc1ccccc1NC1=C(Cl)CC(C)=CC=C1Cl. The quantitative estimate of drug-likeness (QED) is 0.727. The third kappa shape index (κ3) is 5.76. The van der Waals surface area contributed by atoms with Gasteiger partial charge in [-0.15, -0.1) is 0 Å². The average Bonchev–Trinajstić information content (AvgIpc) is 2.67. The predicted molar refractivity (Wildman–Crippen MR) is 101 cm³/mol. The number of para-hydroxylation sites is 1. The second kappa shape index (κ2) is 8.88. The van der Waals surface area contributed by atoms with E-state index < -0.39 is 5.97 Å². The lowest BCUT2D eigenvalue weighted by Gasteiger charge is -2.15. The van der Waals surface area contributed by atoms with Crippen LogP contribution < -0.4 is 5.32 Å². The van der Waals surface area contributed by atoms with Crippen LogP contribution in [0.2, 0.25) is 0 Å². The van der Waals surface area contributed by atoms with Gasteiger partial charge in [0.05, 0.1) is 17.2 Å². The molecule has 0 saturated carbocycles. The molecular weight excluding hydrogens is 361 g/mol. The number of hydrogen-bond acceptors (Lipinski definition) is 4. The highest BCUT2D eigenvalue weighted by Gasteiger charge is 2.15. The van der Waals surface area contributed by atoms with E-state index in [0.717, 1.165) is 11.1 Å². The molecule has 0 amide bonds. The zero-order valence-corrected chi connectivity index (χ0v) is 15.6. The lowest BCUT2D eigenvalue weighted by atomic mass is 10.1. The van der Waals surface area contributed by atoms with Gasteiger partial charge in [0.15, 0.2) is 5.78 Å². The Balaban J connectivity index is 2.19. The Morgan fingerprint density at radius 2 is 1.92 bits per heavy atom. The lowest BCUT2D eigenvalue weighted by molar-refractivity contribution is -0.146. The number of anilines is 1. The highest BCUT2D eigenvalue weighted by atomic mass is 35.5. The number of halogens is 2. The third-order valence-electron chi connectivity index (χ3n) is 3.51. The molecule has 1 aromatic carbocycles. The Kier molecular flexibility index (Phi) is 6.85. The average molecular weight is 380 g/mol. The summed E-state index contributed by atoms with van der Waals surface area (Å²) in [5.41, 5.74) is 3.15. The van der Waals surface area contributed by atoms with Crippen molar-refractivity contribution >= 4 is 40.6 Å². The van der Waals surface area contributed by atoms with Crippen LogP contribution in [0.5, 0.6) is 0 Å². The van der Waals surface area contributed by atoms with Gasteiger partial charge in [0.2, 0.25) is 0 Å². The van der Waals surface area contributed by atoms with Gasteiger partial charge in [-0.3, -0.25) is 9.59 Å². The van der Waals surface area contributed by atoms with E-state index in [9.17, 15) is 9.59 Å². The van der Waals surface area contributed by atoms with Crippen LogP contribution in [-0.4, -0.2) is 18.4 Å². The fraction of sp³-hybridized carbons (Fsp3) is 0.263. The van der Waals surface area contributed by atoms with Gasteiger partial charge in [0.25, 0.3) is 0 Å². The van der Waals surface area contributed by atoms with Crippen LogP contribution >= 0.6 is 23.2 Å². The zero-order chi connectivity index (χ0) is 18.4. The molecule has 0 heterocycles. The minimum Gasteiger partial charge on any atom is -0.457 e. The first-order chi connectivity index (χ1) is 11.9. The first-order valence-corrected chi connectivity index (χ1v) is 8.54. The highest BCUT2D eigenvalue weighted by Crippen LogP contribution is 2.31. The van der Waals surface area contributed by atoms with Gasteiger partial charge in [-0.1, -0.05) is 53.1 Å². The molecule has 0 spiro atoms. The largest absolute Gasteiger partial charge is 0.457 e. The number of nitrogens with one attached hydrogen (secondary N) is 1. The topological polar surface area (TPSA) is 55.4 Å². The number of hydrogen-bond donors (Lipinski definition) is 1. The summed E-state index contributed by atoms with van der Waals surface area (Å²) in [5.74, 6) is -0.667. The van der Waals surface area contributed by atoms with Crippen molar-refractivity contribution in [3.8, 4) is 0 Å². The van der Waals surface area contributed by atoms with Crippen molar-refractivity contribution in [2.75, 3.05) is 11.9 Å². The van der Waals surface area contributed by atoms with E-state index in [0.29, 0.717) is 27.9 Å². The summed E-state index contributed by atoms with van der Waals surface area (Å²) in [7, 11) is 0. The molecule has 0 atom stereocenters. The van der Waals surface area contributed by atoms with Gasteiger partial charge >= 0.3 is 5.97 Å². The van der Waals surface area contributed by atoms with Crippen LogP contribution in [0.4, 0.5) is 5.69 Å². The summed E-state index contributed by atoms with van der Waals surface area (Å²) in [5, 5.41) is 4.31. The Morgan fingerprint density at radius 1 is 1.20 bits per heavy atom. The van der Waals surface area contributed by atoms with Crippen molar-refractivity contribution in [3.63, 3.8) is 0 Å². The van der Waals surface area contributed by atoms with E-state index >= 15 is 0 Å². The number of esters is 1. The van der Waals surface area contributed by atoms with E-state index in [1.54, 1.807) is 6.08 Å². The van der Waals surface area contributed by atoms with Crippen molar-refractivity contribution in [1.82, 2.24) is 0 Å². The van der Waals surface area contributed by atoms with E-state index in [-0.39, 0.29) is 18.8 Å². The Hall–Kier alpha value is -2.04. The lowest BCUT2D eigenvalue weighted by Crippen LogP contribution is -2.14. The van der Waals surface area contributed by atoms with Crippen LogP contribution in [0.1, 0.15) is 25.8 Å². The van der Waals surface area contributed by atoms with Crippen molar-refractivity contribution < 1.29 is 14.3 Å². The molecular formula is C19H19Cl2NO3. The third-order valence-corrected chi connectivity index (χ3v) is 4.14. The first kappa shape index (κ1) is 19.3. The smallest absolute Gasteiger partial charge is 0.310 e. The Labute approximate surface area is 157 Å². The number of benzene rings is 1. The molecule has 1 N–H and O–H groups in total. The fourth-order valence-electron chi connectivity index (χ4n) is 2.27. The summed E-state index contributed by atoms with van der Waals surface area (Å²) >= 11 is 12.7. The van der Waals surface area contributed by atoms with E-state index in [1.807, 2.05) is 37.3 Å². The maximum absolute atomic E-state index is 11.9. The van der Waals surface area contributed by atoms with Crippen LogP contribution in [0.25, 0.3) is 0 Å². The summed E-state index contributed by atoms with van der Waals surface area (Å²) in [6, 6.07) is 7.31. The molecule has 2 rings (SSSR count). The van der Waals surface area contributed by atoms with Crippen molar-refractivity contribution in [2.24, 2.45) is 0 Å². The minimum atomic E-state index is -0.468. The van der Waals surface area contributed by atoms with Gasteiger partial charge in [0, 0.05) is 17.1 Å². The molecule has 1 aliphatic rings. The highest BCUT2D eigenvalue weighted by molar-refractivity contribution is 6.36. The Morgan fingerprint density at radius 3 is 2.64 bits per heavy atom. The summed E-state index contributed by atoms with van der Waals surface area (Å²) in [4.78, 5) is 22.8. The molecule has 132 valence electrons. The molecule has 0 unspecified atom stereocenters. The molecule has 0 fully saturated rings. The monoisotopic (exact) mass is 379 g/mol. The van der Waals surface area contributed by atoms with Gasteiger partial charge in [-0.25, -0.2) is 0 Å². The molecule has 4 nitrogen and oxygen atoms in total. The summed E-state index contributed by atoms with van der Waals surface area (Å²) in [6.45, 7) is 3.13. The number of ether oxygens (including phenoxy) is 1. The molecule has 1 aliphatic carbocycles. The number of ketones is 1. The van der Waals surface area contributed by atoms with Crippen LogP contribution in [0, 0.1) is 0 Å². The van der Waals surface area contributed by atoms with Crippen LogP contribution in [0.3, 0.4) is 0 Å². The van der Waals surface area contributed by atoms with Crippen LogP contribution in [0.15, 0.2) is 57.8 Å². The first-order valence-electron chi connectivity index (χ1n) is 7.78. The molecule has 1 aromatic rings. The number of carbonyl (C=O) groups is 2. The predicted octanol–water partition coefficient (Wildman–Crippen LogP) is 4.70. The minimum absolute atomic E-state index is 0.0416. The second-order valence-electron chi connectivity index (χ2n) is 5.81. The summed E-state index contributed by atoms with van der Waals surface area (Å²) in [6.07, 6.45) is 4.35. The Bertz CT molecular complexity index is 779.